The summed E-state index contributed by atoms with van der Waals surface area (Å²) in [5, 5.41) is 22.2. The summed E-state index contributed by atoms with van der Waals surface area (Å²) in [7, 11) is 0. The van der Waals surface area contributed by atoms with Crippen LogP contribution in [0, 0.1) is 0 Å². The van der Waals surface area contributed by atoms with Gasteiger partial charge in [-0.2, -0.15) is 0 Å². The van der Waals surface area contributed by atoms with Gasteiger partial charge in [-0.25, -0.2) is 0 Å². The first-order chi connectivity index (χ1) is 9.45. The Morgan fingerprint density at radius 3 is 1.16 bits per heavy atom. The summed E-state index contributed by atoms with van der Waals surface area (Å²) in [5.41, 5.74) is 0. The molecule has 3 heterocycles. The molecule has 0 aromatic rings. The molecule has 3 rings (SSSR count). The molecule has 3 aliphatic rings. The van der Waals surface area contributed by atoms with Crippen LogP contribution >= 0.6 is 0 Å². The topological polar surface area (TPSA) is 72.2 Å². The van der Waals surface area contributed by atoms with Gasteiger partial charge in [-0.1, -0.05) is 0 Å². The molecule has 3 unspecified atom stereocenters. The Morgan fingerprint density at radius 1 is 0.526 bits per heavy atom. The molecule has 0 bridgehead atoms. The Bertz CT molecular complexity index is 218. The van der Waals surface area contributed by atoms with Crippen molar-refractivity contribution < 1.29 is 21.8 Å². The van der Waals surface area contributed by atoms with E-state index in [1.54, 1.807) is 0 Å². The predicted octanol–water partition coefficient (Wildman–Crippen LogP) is -2.84. The van der Waals surface area contributed by atoms with E-state index in [2.05, 4.69) is 31.9 Å². The molecule has 3 atom stereocenters. The maximum absolute atomic E-state index is 3.80. The molecule has 0 saturated carbocycles. The quantitative estimate of drug-likeness (QED) is 0.331. The van der Waals surface area contributed by atoms with Crippen molar-refractivity contribution in [1.82, 2.24) is 31.9 Å². The van der Waals surface area contributed by atoms with E-state index in [0.29, 0.717) is 0 Å². The molecule has 0 amide bonds. The van der Waals surface area contributed by atoms with Crippen LogP contribution in [0.4, 0.5) is 0 Å². The van der Waals surface area contributed by atoms with E-state index in [-0.39, 0.29) is 0 Å². The van der Waals surface area contributed by atoms with Crippen LogP contribution in [0.25, 0.3) is 0 Å². The summed E-state index contributed by atoms with van der Waals surface area (Å²) in [6, 6.07) is 0. The van der Waals surface area contributed by atoms with Crippen LogP contribution in [0.15, 0.2) is 0 Å². The third kappa shape index (κ3) is 3.85. The second-order valence-electron chi connectivity index (χ2n) is 5.63. The van der Waals surface area contributed by atoms with Gasteiger partial charge in [0.25, 0.3) is 0 Å². The van der Waals surface area contributed by atoms with Crippen molar-refractivity contribution in [2.75, 3.05) is 58.9 Å². The molecule has 7 heteroatoms. The molecule has 6 N–H and O–H groups in total. The second-order valence-corrected chi connectivity index (χ2v) is 13.2. The van der Waals surface area contributed by atoms with E-state index in [4.69, 9.17) is 0 Å². The van der Waals surface area contributed by atoms with Gasteiger partial charge in [0.05, 0.1) is 0 Å². The Morgan fingerprint density at radius 2 is 0.895 bits per heavy atom. The average molecular weight is 347 g/mol. The van der Waals surface area contributed by atoms with Crippen molar-refractivity contribution in [3.8, 4) is 0 Å². The summed E-state index contributed by atoms with van der Waals surface area (Å²) in [5.74, 6) is 0. The van der Waals surface area contributed by atoms with E-state index in [1.807, 2.05) is 0 Å². The molecular formula is C12H27N6Zr. The Kier molecular flexibility index (Phi) is 5.83. The van der Waals surface area contributed by atoms with Crippen LogP contribution < -0.4 is 31.9 Å². The predicted molar refractivity (Wildman–Crippen MR) is 74.0 cm³/mol. The average Bonchev–Trinajstić information content (AvgIpc) is 2.51. The first kappa shape index (κ1) is 14.6. The fourth-order valence-corrected chi connectivity index (χ4v) is 12.6. The molecular weight excluding hydrogens is 319 g/mol. The zero-order valence-corrected chi connectivity index (χ0v) is 14.1. The first-order valence-electron chi connectivity index (χ1n) is 7.64. The van der Waals surface area contributed by atoms with Gasteiger partial charge in [-0.3, -0.25) is 0 Å². The summed E-state index contributed by atoms with van der Waals surface area (Å²) in [6.07, 6.45) is 0. The number of hydrogen-bond donors (Lipinski definition) is 6. The van der Waals surface area contributed by atoms with Gasteiger partial charge in [0.2, 0.25) is 0 Å². The van der Waals surface area contributed by atoms with Crippen molar-refractivity contribution in [2.45, 2.75) is 11.2 Å². The standard InChI is InChI=1S/3C4H9N2.Zr/c3*1-2-6-4-3-5-1;/h3*1,5-6H,2-4H2;. The van der Waals surface area contributed by atoms with Crippen LogP contribution in [0.5, 0.6) is 0 Å². The molecule has 6 nitrogen and oxygen atoms in total. The van der Waals surface area contributed by atoms with E-state index in [9.17, 15) is 0 Å². The fraction of sp³-hybridized carbons (Fsp3) is 1.00. The summed E-state index contributed by atoms with van der Waals surface area (Å²) < 4.78 is 2.27. The fourth-order valence-electron chi connectivity index (χ4n) is 3.40. The molecule has 0 aromatic carbocycles. The minimum absolute atomic E-state index is 0.756. The Labute approximate surface area is 123 Å². The van der Waals surface area contributed by atoms with Crippen LogP contribution in [-0.4, -0.2) is 70.2 Å². The zero-order chi connectivity index (χ0) is 12.9. The summed E-state index contributed by atoms with van der Waals surface area (Å²) in [6.45, 7) is 10.3. The van der Waals surface area contributed by atoms with E-state index in [0.717, 1.165) is 50.5 Å². The van der Waals surface area contributed by atoms with Gasteiger partial charge in [-0.05, 0) is 0 Å². The maximum atomic E-state index is 3.80. The van der Waals surface area contributed by atoms with Gasteiger partial charge >= 0.3 is 124 Å². The number of piperazine rings is 3. The molecule has 0 aromatic heterocycles. The van der Waals surface area contributed by atoms with Gasteiger partial charge in [-0.15, -0.1) is 0 Å². The molecule has 3 fully saturated rings. The SMILES string of the molecule is C1CN[CH]([Zr]([CH]2CNCCN2)[CH]2CNCCN2)CN1. The molecule has 0 radical (unpaired) electrons. The van der Waals surface area contributed by atoms with Crippen molar-refractivity contribution in [3.05, 3.63) is 0 Å². The molecule has 0 spiro atoms. The third-order valence-electron chi connectivity index (χ3n) is 4.33. The minimum atomic E-state index is -1.67. The zero-order valence-electron chi connectivity index (χ0n) is 11.6. The monoisotopic (exact) mass is 345 g/mol. The summed E-state index contributed by atoms with van der Waals surface area (Å²) in [4.78, 5) is 0. The molecule has 0 aliphatic carbocycles. The molecule has 109 valence electrons. The van der Waals surface area contributed by atoms with Crippen molar-refractivity contribution in [3.63, 3.8) is 0 Å². The van der Waals surface area contributed by atoms with E-state index >= 15 is 0 Å². The van der Waals surface area contributed by atoms with E-state index in [1.165, 1.54) is 19.6 Å². The first-order valence-corrected chi connectivity index (χ1v) is 11.9. The number of rotatable bonds is 3. The van der Waals surface area contributed by atoms with Gasteiger partial charge in [0.1, 0.15) is 0 Å². The Hall–Kier alpha value is 0.643. The van der Waals surface area contributed by atoms with Crippen molar-refractivity contribution in [1.29, 1.82) is 0 Å². The molecule has 3 aliphatic heterocycles. The van der Waals surface area contributed by atoms with Crippen molar-refractivity contribution in [2.24, 2.45) is 0 Å². The number of hydrogen-bond acceptors (Lipinski definition) is 6. The van der Waals surface area contributed by atoms with Gasteiger partial charge in [0.15, 0.2) is 0 Å². The van der Waals surface area contributed by atoms with Gasteiger partial charge in [0, 0.05) is 0 Å². The Balaban J connectivity index is 1.68. The summed E-state index contributed by atoms with van der Waals surface area (Å²) >= 11 is -1.67. The number of nitrogens with one attached hydrogen (secondary N) is 6. The van der Waals surface area contributed by atoms with Crippen LogP contribution in [-0.2, 0) is 21.8 Å². The van der Waals surface area contributed by atoms with Crippen LogP contribution in [0.3, 0.4) is 0 Å². The van der Waals surface area contributed by atoms with Crippen LogP contribution in [0.1, 0.15) is 0 Å². The third-order valence-corrected chi connectivity index (χ3v) is 13.3. The van der Waals surface area contributed by atoms with Crippen molar-refractivity contribution >= 4 is 0 Å². The molecule has 19 heavy (non-hydrogen) atoms. The second kappa shape index (κ2) is 7.59. The van der Waals surface area contributed by atoms with Gasteiger partial charge < -0.3 is 0 Å². The molecule has 3 saturated heterocycles. The normalized spacial score (nSPS) is 36.9. The van der Waals surface area contributed by atoms with Crippen LogP contribution in [0.2, 0.25) is 0 Å². The van der Waals surface area contributed by atoms with E-state index < -0.39 is 21.8 Å².